The lowest BCUT2D eigenvalue weighted by Gasteiger charge is -2.38. The molecule has 2 fully saturated rings. The number of benzene rings is 3. The van der Waals surface area contributed by atoms with E-state index in [9.17, 15) is 14.4 Å². The molecule has 2 saturated heterocycles. The number of rotatable bonds is 8. The molecule has 0 bridgehead atoms. The molecule has 10 nitrogen and oxygen atoms in total. The third-order valence-electron chi connectivity index (χ3n) is 8.82. The maximum atomic E-state index is 12.9. The molecule has 0 radical (unpaired) electrons. The van der Waals surface area contributed by atoms with E-state index in [-0.39, 0.29) is 23.3 Å². The largest absolute Gasteiger partial charge is 0.497 e. The van der Waals surface area contributed by atoms with Crippen molar-refractivity contribution in [3.8, 4) is 22.9 Å². The summed E-state index contributed by atoms with van der Waals surface area (Å²) >= 11 is 0. The van der Waals surface area contributed by atoms with Crippen molar-refractivity contribution in [2.45, 2.75) is 44.2 Å². The topological polar surface area (TPSA) is 117 Å². The molecule has 2 aliphatic heterocycles. The summed E-state index contributed by atoms with van der Waals surface area (Å²) in [7, 11) is 5.25. The fourth-order valence-electron chi connectivity index (χ4n) is 6.36. The molecule has 2 aliphatic rings. The van der Waals surface area contributed by atoms with Crippen LogP contribution in [-0.2, 0) is 16.1 Å². The highest BCUT2D eigenvalue weighted by atomic mass is 16.5. The molecule has 0 saturated carbocycles. The molecular weight excluding hydrogens is 558 g/mol. The van der Waals surface area contributed by atoms with Crippen LogP contribution >= 0.6 is 0 Å². The van der Waals surface area contributed by atoms with E-state index in [2.05, 4.69) is 51.4 Å². The summed E-state index contributed by atoms with van der Waals surface area (Å²) in [6, 6.07) is 20.2. The molecule has 0 spiro atoms. The Labute approximate surface area is 256 Å². The first-order valence-electron chi connectivity index (χ1n) is 15.0. The summed E-state index contributed by atoms with van der Waals surface area (Å²) in [6.45, 7) is 2.68. The number of amides is 2. The number of piperidine rings is 2. The van der Waals surface area contributed by atoms with E-state index >= 15 is 0 Å². The predicted octanol–water partition coefficient (Wildman–Crippen LogP) is 4.23. The number of methoxy groups -OCH3 is 2. The normalized spacial score (nSPS) is 17.6. The van der Waals surface area contributed by atoms with Gasteiger partial charge in [0, 0.05) is 55.5 Å². The second-order valence-corrected chi connectivity index (χ2v) is 11.6. The first-order valence-corrected chi connectivity index (χ1v) is 15.0. The maximum absolute atomic E-state index is 12.9. The Hall–Kier alpha value is -4.70. The lowest BCUT2D eigenvalue weighted by molar-refractivity contribution is -0.134. The Balaban J connectivity index is 1.08. The van der Waals surface area contributed by atoms with Crippen LogP contribution in [0.2, 0.25) is 0 Å². The second-order valence-electron chi connectivity index (χ2n) is 11.6. The van der Waals surface area contributed by atoms with Crippen molar-refractivity contribution in [1.82, 2.24) is 20.2 Å². The Morgan fingerprint density at radius 1 is 0.955 bits per heavy atom. The lowest BCUT2D eigenvalue weighted by Crippen LogP contribution is -2.43. The van der Waals surface area contributed by atoms with Gasteiger partial charge >= 0.3 is 0 Å². The van der Waals surface area contributed by atoms with Gasteiger partial charge in [-0.1, -0.05) is 24.3 Å². The average Bonchev–Trinajstić information content (AvgIpc) is 3.04. The molecule has 1 aromatic heterocycles. The molecule has 1 unspecified atom stereocenters. The molecule has 2 N–H and O–H groups in total. The molecule has 3 aromatic carbocycles. The van der Waals surface area contributed by atoms with Crippen LogP contribution in [0.25, 0.3) is 22.3 Å². The highest BCUT2D eigenvalue weighted by molar-refractivity contribution is 6.00. The van der Waals surface area contributed by atoms with Gasteiger partial charge in [0.05, 0.1) is 25.7 Å². The number of aromatic amines is 1. The van der Waals surface area contributed by atoms with E-state index in [0.29, 0.717) is 47.1 Å². The number of fused-ring (bicyclic) bond motifs is 1. The highest BCUT2D eigenvalue weighted by Gasteiger charge is 2.28. The Morgan fingerprint density at radius 3 is 2.43 bits per heavy atom. The van der Waals surface area contributed by atoms with E-state index in [0.717, 1.165) is 49.3 Å². The monoisotopic (exact) mass is 595 g/mol. The van der Waals surface area contributed by atoms with Crippen LogP contribution in [0, 0.1) is 0 Å². The minimum Gasteiger partial charge on any atom is -0.497 e. The molecule has 3 heterocycles. The van der Waals surface area contributed by atoms with Crippen LogP contribution in [0.15, 0.2) is 65.5 Å². The Kier molecular flexibility index (Phi) is 8.34. The van der Waals surface area contributed by atoms with Crippen LogP contribution in [0.1, 0.15) is 42.7 Å². The summed E-state index contributed by atoms with van der Waals surface area (Å²) in [5, 5.41) is 2.86. The second kappa shape index (κ2) is 12.5. The van der Waals surface area contributed by atoms with E-state index in [1.54, 1.807) is 19.2 Å². The number of H-pyrrole nitrogens is 1. The van der Waals surface area contributed by atoms with Gasteiger partial charge in [0.1, 0.15) is 22.7 Å². The van der Waals surface area contributed by atoms with Crippen LogP contribution in [0.4, 0.5) is 5.69 Å². The molecule has 10 heteroatoms. The third kappa shape index (κ3) is 6.03. The molecule has 4 aromatic rings. The molecule has 6 rings (SSSR count). The van der Waals surface area contributed by atoms with Gasteiger partial charge in [0.15, 0.2) is 0 Å². The third-order valence-corrected chi connectivity index (χ3v) is 8.82. The standard InChI is InChI=1S/C34H37N5O5/c1-38(20-21-5-4-6-23(17-21)27-11-12-30(40)36-33(27)41)24-13-15-39(16-14-24)25-9-7-22(8-10-25)32-35-28-18-26(43-2)19-29(44-3)31(28)34(42)37-32/h4-10,17-19,24,27H,11-16,20H2,1-3H3,(H,35,37,42)(H,36,40,41). The molecular formula is C34H37N5O5. The molecule has 228 valence electrons. The van der Waals surface area contributed by atoms with Gasteiger partial charge in [0.2, 0.25) is 11.8 Å². The highest BCUT2D eigenvalue weighted by Crippen LogP contribution is 2.30. The van der Waals surface area contributed by atoms with Crippen molar-refractivity contribution in [3.05, 3.63) is 82.1 Å². The predicted molar refractivity (Wildman–Crippen MR) is 169 cm³/mol. The van der Waals surface area contributed by atoms with E-state index in [4.69, 9.17) is 14.5 Å². The zero-order valence-electron chi connectivity index (χ0n) is 25.3. The zero-order chi connectivity index (χ0) is 30.8. The van der Waals surface area contributed by atoms with Gasteiger partial charge in [-0.15, -0.1) is 0 Å². The van der Waals surface area contributed by atoms with Gasteiger partial charge in [-0.05, 0) is 61.7 Å². The minimum absolute atomic E-state index is 0.189. The number of nitrogens with one attached hydrogen (secondary N) is 2. The van der Waals surface area contributed by atoms with Crippen LogP contribution in [0.3, 0.4) is 0 Å². The smallest absolute Gasteiger partial charge is 0.262 e. The molecule has 1 atom stereocenters. The number of nitrogens with zero attached hydrogens (tertiary/aromatic N) is 3. The summed E-state index contributed by atoms with van der Waals surface area (Å²) < 4.78 is 10.7. The van der Waals surface area contributed by atoms with Gasteiger partial charge in [0.25, 0.3) is 5.56 Å². The van der Waals surface area contributed by atoms with E-state index in [1.165, 1.54) is 12.7 Å². The molecule has 0 aliphatic carbocycles. The summed E-state index contributed by atoms with van der Waals surface area (Å²) in [5.74, 6) is 0.831. The SMILES string of the molecule is COc1cc(OC)c2c(=O)[nH]c(-c3ccc(N4CCC(N(C)Cc5cccc(C6CCC(=O)NC6=O)c5)CC4)cc3)nc2c1. The van der Waals surface area contributed by atoms with Crippen molar-refractivity contribution < 1.29 is 19.1 Å². The minimum atomic E-state index is -0.267. The van der Waals surface area contributed by atoms with Crippen molar-refractivity contribution >= 4 is 28.4 Å². The number of carbonyl (C=O) groups excluding carboxylic acids is 2. The first kappa shape index (κ1) is 29.4. The quantitative estimate of drug-likeness (QED) is 0.291. The van der Waals surface area contributed by atoms with Gasteiger partial charge in [-0.25, -0.2) is 4.98 Å². The van der Waals surface area contributed by atoms with Crippen molar-refractivity contribution in [2.75, 3.05) is 39.3 Å². The zero-order valence-corrected chi connectivity index (χ0v) is 25.3. The summed E-state index contributed by atoms with van der Waals surface area (Å²) in [6.07, 6.45) is 3.01. The molecule has 2 amide bonds. The van der Waals surface area contributed by atoms with Crippen LogP contribution in [-0.4, -0.2) is 67.1 Å². The number of carbonyl (C=O) groups is 2. The average molecular weight is 596 g/mol. The van der Waals surface area contributed by atoms with E-state index in [1.807, 2.05) is 24.3 Å². The van der Waals surface area contributed by atoms with Crippen LogP contribution in [0.5, 0.6) is 11.5 Å². The number of anilines is 1. The first-order chi connectivity index (χ1) is 21.3. The number of ether oxygens (including phenoxy) is 2. The molecule has 44 heavy (non-hydrogen) atoms. The van der Waals surface area contributed by atoms with Crippen LogP contribution < -0.4 is 25.2 Å². The number of hydrogen-bond acceptors (Lipinski definition) is 8. The van der Waals surface area contributed by atoms with Gasteiger partial charge in [-0.2, -0.15) is 0 Å². The van der Waals surface area contributed by atoms with Crippen molar-refractivity contribution in [3.63, 3.8) is 0 Å². The number of imide groups is 1. The van der Waals surface area contributed by atoms with Crippen molar-refractivity contribution in [1.29, 1.82) is 0 Å². The fraction of sp³-hybridized carbons (Fsp3) is 0.353. The summed E-state index contributed by atoms with van der Waals surface area (Å²) in [5.41, 5.74) is 4.36. The van der Waals surface area contributed by atoms with Gasteiger partial charge in [-0.3, -0.25) is 24.6 Å². The van der Waals surface area contributed by atoms with Gasteiger partial charge < -0.3 is 19.4 Å². The Morgan fingerprint density at radius 2 is 1.73 bits per heavy atom. The fourth-order valence-corrected chi connectivity index (χ4v) is 6.36. The number of hydrogen-bond donors (Lipinski definition) is 2. The maximum Gasteiger partial charge on any atom is 0.262 e. The van der Waals surface area contributed by atoms with E-state index < -0.39 is 0 Å². The lowest BCUT2D eigenvalue weighted by atomic mass is 9.89. The Bertz CT molecular complexity index is 1740. The van der Waals surface area contributed by atoms with Crippen molar-refractivity contribution in [2.24, 2.45) is 0 Å². The number of aromatic nitrogens is 2. The summed E-state index contributed by atoms with van der Waals surface area (Å²) in [4.78, 5) is 49.2.